The van der Waals surface area contributed by atoms with Crippen molar-refractivity contribution in [3.05, 3.63) is 57.0 Å². The van der Waals surface area contributed by atoms with Crippen LogP contribution in [0.5, 0.6) is 0 Å². The molecule has 0 fully saturated rings. The van der Waals surface area contributed by atoms with Crippen LogP contribution in [-0.4, -0.2) is 20.3 Å². The average Bonchev–Trinajstić information content (AvgIpc) is 2.78. The molecule has 3 aromatic rings. The van der Waals surface area contributed by atoms with Crippen LogP contribution < -0.4 is 5.32 Å². The van der Waals surface area contributed by atoms with Gasteiger partial charge in [-0.1, -0.05) is 11.6 Å². The molecule has 0 aliphatic heterocycles. The standard InChI is InChI=1S/C15H12BrClN4O/c1-8-5-10(16)7-21-13(9(2)19-14(8)21)15(22)20-12-4-3-11(17)6-18-12/h3-7H,1-2H3,(H,18,20,22). The number of fused-ring (bicyclic) bond motifs is 1. The van der Waals surface area contributed by atoms with Crippen LogP contribution in [0.3, 0.4) is 0 Å². The highest BCUT2D eigenvalue weighted by Crippen LogP contribution is 2.21. The Hall–Kier alpha value is -1.92. The maximum Gasteiger partial charge on any atom is 0.275 e. The van der Waals surface area contributed by atoms with Crippen molar-refractivity contribution in [2.75, 3.05) is 5.32 Å². The molecule has 0 aromatic carbocycles. The minimum atomic E-state index is -0.266. The lowest BCUT2D eigenvalue weighted by Crippen LogP contribution is -2.16. The number of amides is 1. The molecule has 0 saturated carbocycles. The molecule has 0 aliphatic carbocycles. The van der Waals surface area contributed by atoms with Gasteiger partial charge >= 0.3 is 0 Å². The second-order valence-corrected chi connectivity index (χ2v) is 6.25. The summed E-state index contributed by atoms with van der Waals surface area (Å²) in [6, 6.07) is 5.29. The fourth-order valence-corrected chi connectivity index (χ4v) is 2.94. The number of halogens is 2. The summed E-state index contributed by atoms with van der Waals surface area (Å²) < 4.78 is 2.66. The van der Waals surface area contributed by atoms with Gasteiger partial charge in [-0.3, -0.25) is 9.20 Å². The quantitative estimate of drug-likeness (QED) is 0.732. The number of aromatic nitrogens is 3. The van der Waals surface area contributed by atoms with Crippen LogP contribution in [0.2, 0.25) is 5.02 Å². The molecule has 3 rings (SSSR count). The Kier molecular flexibility index (Phi) is 3.88. The van der Waals surface area contributed by atoms with E-state index < -0.39 is 0 Å². The maximum atomic E-state index is 12.6. The van der Waals surface area contributed by atoms with Crippen molar-refractivity contribution in [3.8, 4) is 0 Å². The first-order chi connectivity index (χ1) is 10.5. The number of rotatable bonds is 2. The maximum absolute atomic E-state index is 12.6. The van der Waals surface area contributed by atoms with Crippen LogP contribution in [0.4, 0.5) is 5.82 Å². The molecule has 0 bridgehead atoms. The summed E-state index contributed by atoms with van der Waals surface area (Å²) in [5, 5.41) is 3.28. The van der Waals surface area contributed by atoms with Gasteiger partial charge in [-0.2, -0.15) is 0 Å². The van der Waals surface area contributed by atoms with Crippen molar-refractivity contribution >= 4 is 44.9 Å². The lowest BCUT2D eigenvalue weighted by atomic mass is 10.3. The molecule has 22 heavy (non-hydrogen) atoms. The molecule has 3 aromatic heterocycles. The normalized spacial score (nSPS) is 10.9. The van der Waals surface area contributed by atoms with Gasteiger partial charge in [0.1, 0.15) is 17.2 Å². The van der Waals surface area contributed by atoms with Gasteiger partial charge in [0, 0.05) is 16.9 Å². The Labute approximate surface area is 140 Å². The summed E-state index contributed by atoms with van der Waals surface area (Å²) in [7, 11) is 0. The van der Waals surface area contributed by atoms with E-state index in [1.807, 2.05) is 26.1 Å². The molecule has 0 unspecified atom stereocenters. The van der Waals surface area contributed by atoms with E-state index in [2.05, 4.69) is 31.2 Å². The van der Waals surface area contributed by atoms with E-state index in [0.717, 1.165) is 15.7 Å². The van der Waals surface area contributed by atoms with Gasteiger partial charge < -0.3 is 5.32 Å². The van der Waals surface area contributed by atoms with Crippen molar-refractivity contribution in [1.82, 2.24) is 14.4 Å². The Bertz CT molecular complexity index is 873. The molecule has 5 nitrogen and oxygen atoms in total. The number of hydrogen-bond acceptors (Lipinski definition) is 3. The van der Waals surface area contributed by atoms with Crippen LogP contribution in [0, 0.1) is 13.8 Å². The Balaban J connectivity index is 2.03. The molecule has 0 atom stereocenters. The minimum Gasteiger partial charge on any atom is -0.305 e. The molecule has 0 spiro atoms. The highest BCUT2D eigenvalue weighted by molar-refractivity contribution is 9.10. The molecule has 0 aliphatic rings. The number of hydrogen-bond donors (Lipinski definition) is 1. The highest BCUT2D eigenvalue weighted by atomic mass is 79.9. The molecule has 1 N–H and O–H groups in total. The summed E-state index contributed by atoms with van der Waals surface area (Å²) in [6.45, 7) is 3.76. The molecular weight excluding hydrogens is 368 g/mol. The van der Waals surface area contributed by atoms with Gasteiger partial charge in [-0.05, 0) is 53.5 Å². The van der Waals surface area contributed by atoms with Gasteiger partial charge in [-0.25, -0.2) is 9.97 Å². The lowest BCUT2D eigenvalue weighted by Gasteiger charge is -2.06. The van der Waals surface area contributed by atoms with Crippen molar-refractivity contribution in [2.24, 2.45) is 0 Å². The molecule has 1 amide bonds. The summed E-state index contributed by atoms with van der Waals surface area (Å²) in [5.74, 6) is 0.174. The number of aryl methyl sites for hydroxylation is 2. The topological polar surface area (TPSA) is 59.3 Å². The number of carbonyl (C=O) groups excluding carboxylic acids is 1. The van der Waals surface area contributed by atoms with Crippen LogP contribution >= 0.6 is 27.5 Å². The fourth-order valence-electron chi connectivity index (χ4n) is 2.28. The molecule has 112 valence electrons. The zero-order chi connectivity index (χ0) is 15.9. The Morgan fingerprint density at radius 1 is 1.36 bits per heavy atom. The molecule has 0 radical (unpaired) electrons. The molecule has 7 heteroatoms. The van der Waals surface area contributed by atoms with Crippen LogP contribution in [0.25, 0.3) is 5.65 Å². The molecule has 3 heterocycles. The smallest absolute Gasteiger partial charge is 0.275 e. The monoisotopic (exact) mass is 378 g/mol. The number of nitrogens with one attached hydrogen (secondary N) is 1. The summed E-state index contributed by atoms with van der Waals surface area (Å²) in [4.78, 5) is 21.1. The number of nitrogens with zero attached hydrogens (tertiary/aromatic N) is 3. The third kappa shape index (κ3) is 2.71. The van der Waals surface area contributed by atoms with E-state index in [9.17, 15) is 4.79 Å². The van der Waals surface area contributed by atoms with Crippen molar-refractivity contribution < 1.29 is 4.79 Å². The zero-order valence-electron chi connectivity index (χ0n) is 11.9. The number of anilines is 1. The first kappa shape index (κ1) is 15.0. The van der Waals surface area contributed by atoms with Crippen LogP contribution in [-0.2, 0) is 0 Å². The van der Waals surface area contributed by atoms with Crippen LogP contribution in [0.15, 0.2) is 35.1 Å². The van der Waals surface area contributed by atoms with Gasteiger partial charge in [0.25, 0.3) is 5.91 Å². The number of carbonyl (C=O) groups is 1. The second-order valence-electron chi connectivity index (χ2n) is 4.90. The average molecular weight is 380 g/mol. The van der Waals surface area contributed by atoms with Crippen molar-refractivity contribution in [3.63, 3.8) is 0 Å². The summed E-state index contributed by atoms with van der Waals surface area (Å²) in [5.41, 5.74) is 2.89. The van der Waals surface area contributed by atoms with E-state index in [-0.39, 0.29) is 5.91 Å². The summed E-state index contributed by atoms with van der Waals surface area (Å²) in [6.07, 6.45) is 3.31. The largest absolute Gasteiger partial charge is 0.305 e. The minimum absolute atomic E-state index is 0.266. The lowest BCUT2D eigenvalue weighted by molar-refractivity contribution is 0.102. The third-order valence-electron chi connectivity index (χ3n) is 3.23. The summed E-state index contributed by atoms with van der Waals surface area (Å²) >= 11 is 9.23. The highest BCUT2D eigenvalue weighted by Gasteiger charge is 2.18. The third-order valence-corrected chi connectivity index (χ3v) is 3.89. The molecular formula is C15H12BrClN4O. The molecule has 0 saturated heterocycles. The van der Waals surface area contributed by atoms with E-state index in [1.165, 1.54) is 6.20 Å². The second kappa shape index (κ2) is 5.70. The van der Waals surface area contributed by atoms with E-state index in [0.29, 0.717) is 22.2 Å². The van der Waals surface area contributed by atoms with Gasteiger partial charge in [-0.15, -0.1) is 0 Å². The van der Waals surface area contributed by atoms with Crippen molar-refractivity contribution in [1.29, 1.82) is 0 Å². The van der Waals surface area contributed by atoms with E-state index in [1.54, 1.807) is 16.5 Å². The predicted molar refractivity (Wildman–Crippen MR) is 89.6 cm³/mol. The van der Waals surface area contributed by atoms with E-state index in [4.69, 9.17) is 11.6 Å². The predicted octanol–water partition coefficient (Wildman–Crippen LogP) is 4.01. The first-order valence-corrected chi connectivity index (χ1v) is 7.70. The SMILES string of the molecule is Cc1nc2c(C)cc(Br)cn2c1C(=O)Nc1ccc(Cl)cn1. The van der Waals surface area contributed by atoms with Crippen LogP contribution in [0.1, 0.15) is 21.7 Å². The van der Waals surface area contributed by atoms with E-state index >= 15 is 0 Å². The first-order valence-electron chi connectivity index (χ1n) is 6.53. The number of imidazole rings is 1. The van der Waals surface area contributed by atoms with Gasteiger partial charge in [0.05, 0.1) is 10.7 Å². The number of pyridine rings is 2. The van der Waals surface area contributed by atoms with Gasteiger partial charge in [0.15, 0.2) is 0 Å². The zero-order valence-corrected chi connectivity index (χ0v) is 14.2. The van der Waals surface area contributed by atoms with Crippen molar-refractivity contribution in [2.45, 2.75) is 13.8 Å². The Morgan fingerprint density at radius 3 is 2.82 bits per heavy atom. The fraction of sp³-hybridized carbons (Fsp3) is 0.133. The van der Waals surface area contributed by atoms with Gasteiger partial charge in [0.2, 0.25) is 0 Å². The Morgan fingerprint density at radius 2 is 2.14 bits per heavy atom.